The summed E-state index contributed by atoms with van der Waals surface area (Å²) in [6.07, 6.45) is 0.756. The van der Waals surface area contributed by atoms with E-state index in [1.807, 2.05) is 62.4 Å². The maximum absolute atomic E-state index is 13.2. The highest BCUT2D eigenvalue weighted by atomic mass is 16.5. The summed E-state index contributed by atoms with van der Waals surface area (Å²) < 4.78 is 10.4. The van der Waals surface area contributed by atoms with Crippen molar-refractivity contribution in [3.63, 3.8) is 0 Å². The number of rotatable bonds is 10. The fourth-order valence-electron chi connectivity index (χ4n) is 3.16. The van der Waals surface area contributed by atoms with E-state index >= 15 is 0 Å². The molecule has 2 rings (SSSR count). The first-order chi connectivity index (χ1) is 14.0. The topological polar surface area (TPSA) is 67.9 Å². The van der Waals surface area contributed by atoms with Gasteiger partial charge in [0.25, 0.3) is 0 Å². The largest absolute Gasteiger partial charge is 0.497 e. The molecule has 1 N–H and O–H groups in total. The number of methoxy groups -OCH3 is 2. The number of amides is 2. The Bertz CT molecular complexity index is 788. The third kappa shape index (κ3) is 6.24. The van der Waals surface area contributed by atoms with Crippen LogP contribution in [-0.4, -0.2) is 43.5 Å². The number of nitrogens with zero attached hydrogens (tertiary/aromatic N) is 1. The summed E-state index contributed by atoms with van der Waals surface area (Å²) in [5.74, 6) is 1.27. The Labute approximate surface area is 172 Å². The highest BCUT2D eigenvalue weighted by Gasteiger charge is 2.28. The molecule has 1 atom stereocenters. The van der Waals surface area contributed by atoms with Crippen molar-refractivity contribution in [1.82, 2.24) is 10.2 Å². The Balaban J connectivity index is 2.25. The maximum Gasteiger partial charge on any atom is 0.242 e. The summed E-state index contributed by atoms with van der Waals surface area (Å²) in [5, 5.41) is 2.85. The second kappa shape index (κ2) is 11.1. The summed E-state index contributed by atoms with van der Waals surface area (Å²) in [5.41, 5.74) is 1.82. The number of benzene rings is 2. The standard InChI is InChI=1S/C23H30N2O4/c1-5-21(23(27)24-6-2)25(16-18-9-13-20(29-4)14-10-18)22(26)15-17-7-11-19(28-3)12-8-17/h7-14,21H,5-6,15-16H2,1-4H3,(H,24,27). The van der Waals surface area contributed by atoms with Crippen LogP contribution in [0.3, 0.4) is 0 Å². The molecular formula is C23H30N2O4. The molecule has 156 valence electrons. The van der Waals surface area contributed by atoms with Crippen LogP contribution in [-0.2, 0) is 22.6 Å². The first-order valence-electron chi connectivity index (χ1n) is 9.85. The van der Waals surface area contributed by atoms with E-state index in [0.717, 1.165) is 22.6 Å². The van der Waals surface area contributed by atoms with Gasteiger partial charge in [-0.05, 0) is 48.7 Å². The summed E-state index contributed by atoms with van der Waals surface area (Å²) in [6.45, 7) is 4.67. The Morgan fingerprint density at radius 3 is 1.86 bits per heavy atom. The Morgan fingerprint density at radius 2 is 1.41 bits per heavy atom. The fraction of sp³-hybridized carbons (Fsp3) is 0.391. The van der Waals surface area contributed by atoms with Gasteiger partial charge in [0.15, 0.2) is 0 Å². The minimum absolute atomic E-state index is 0.0934. The number of likely N-dealkylation sites (N-methyl/N-ethyl adjacent to an activating group) is 1. The van der Waals surface area contributed by atoms with Crippen molar-refractivity contribution >= 4 is 11.8 Å². The molecule has 0 saturated heterocycles. The summed E-state index contributed by atoms with van der Waals surface area (Å²) in [4.78, 5) is 27.5. The van der Waals surface area contributed by atoms with Crippen LogP contribution < -0.4 is 14.8 Å². The van der Waals surface area contributed by atoms with Gasteiger partial charge in [-0.15, -0.1) is 0 Å². The van der Waals surface area contributed by atoms with Gasteiger partial charge < -0.3 is 19.7 Å². The molecule has 0 aliphatic heterocycles. The lowest BCUT2D eigenvalue weighted by Gasteiger charge is -2.30. The quantitative estimate of drug-likeness (QED) is 0.667. The van der Waals surface area contributed by atoms with Crippen molar-refractivity contribution in [2.75, 3.05) is 20.8 Å². The molecule has 0 saturated carbocycles. The normalized spacial score (nSPS) is 11.4. The lowest BCUT2D eigenvalue weighted by atomic mass is 10.1. The number of carbonyl (C=O) groups excluding carboxylic acids is 2. The first kappa shape index (κ1) is 22.3. The zero-order valence-electron chi connectivity index (χ0n) is 17.6. The minimum Gasteiger partial charge on any atom is -0.497 e. The van der Waals surface area contributed by atoms with Gasteiger partial charge in [0.2, 0.25) is 11.8 Å². The van der Waals surface area contributed by atoms with Crippen molar-refractivity contribution in [2.45, 2.75) is 39.3 Å². The molecule has 6 nitrogen and oxygen atoms in total. The van der Waals surface area contributed by atoms with E-state index in [-0.39, 0.29) is 18.2 Å². The van der Waals surface area contributed by atoms with Gasteiger partial charge in [-0.3, -0.25) is 9.59 Å². The highest BCUT2D eigenvalue weighted by molar-refractivity contribution is 5.88. The monoisotopic (exact) mass is 398 g/mol. The van der Waals surface area contributed by atoms with Crippen molar-refractivity contribution in [3.05, 3.63) is 59.7 Å². The van der Waals surface area contributed by atoms with Crippen LogP contribution in [0.5, 0.6) is 11.5 Å². The Kier molecular flexibility index (Phi) is 8.52. The lowest BCUT2D eigenvalue weighted by Crippen LogP contribution is -2.49. The third-order valence-electron chi connectivity index (χ3n) is 4.76. The lowest BCUT2D eigenvalue weighted by molar-refractivity contribution is -0.140. The number of carbonyl (C=O) groups is 2. The molecule has 2 aromatic rings. The molecule has 0 aliphatic rings. The predicted molar refractivity (Wildman–Crippen MR) is 113 cm³/mol. The van der Waals surface area contributed by atoms with Gasteiger partial charge in [0.05, 0.1) is 20.6 Å². The molecule has 0 fully saturated rings. The molecule has 0 bridgehead atoms. The van der Waals surface area contributed by atoms with Crippen molar-refractivity contribution < 1.29 is 19.1 Å². The van der Waals surface area contributed by atoms with Crippen molar-refractivity contribution in [3.8, 4) is 11.5 Å². The van der Waals surface area contributed by atoms with Crippen LogP contribution in [0.15, 0.2) is 48.5 Å². The number of ether oxygens (including phenoxy) is 2. The van der Waals surface area contributed by atoms with Gasteiger partial charge >= 0.3 is 0 Å². The zero-order valence-corrected chi connectivity index (χ0v) is 17.6. The highest BCUT2D eigenvalue weighted by Crippen LogP contribution is 2.18. The van der Waals surface area contributed by atoms with E-state index in [2.05, 4.69) is 5.32 Å². The van der Waals surface area contributed by atoms with Crippen LogP contribution in [0.25, 0.3) is 0 Å². The average Bonchev–Trinajstić information content (AvgIpc) is 2.74. The van der Waals surface area contributed by atoms with Gasteiger partial charge in [-0.25, -0.2) is 0 Å². The SMILES string of the molecule is CCNC(=O)C(CC)N(Cc1ccc(OC)cc1)C(=O)Cc1ccc(OC)cc1. The second-order valence-electron chi connectivity index (χ2n) is 6.71. The molecule has 2 aromatic carbocycles. The van der Waals surface area contributed by atoms with E-state index in [0.29, 0.717) is 19.5 Å². The second-order valence-corrected chi connectivity index (χ2v) is 6.71. The van der Waals surface area contributed by atoms with Crippen molar-refractivity contribution in [2.24, 2.45) is 0 Å². The molecule has 0 aromatic heterocycles. The summed E-state index contributed by atoms with van der Waals surface area (Å²) >= 11 is 0. The summed E-state index contributed by atoms with van der Waals surface area (Å²) in [6, 6.07) is 14.4. The molecule has 0 heterocycles. The van der Waals surface area contributed by atoms with E-state index in [4.69, 9.17) is 9.47 Å². The molecule has 0 radical (unpaired) electrons. The molecule has 0 spiro atoms. The number of nitrogens with one attached hydrogen (secondary N) is 1. The van der Waals surface area contributed by atoms with E-state index in [1.54, 1.807) is 19.1 Å². The van der Waals surface area contributed by atoms with Gasteiger partial charge in [-0.1, -0.05) is 31.2 Å². The minimum atomic E-state index is -0.525. The average molecular weight is 399 g/mol. The van der Waals surface area contributed by atoms with Crippen LogP contribution in [0.4, 0.5) is 0 Å². The van der Waals surface area contributed by atoms with Gasteiger partial charge in [0.1, 0.15) is 17.5 Å². The molecule has 29 heavy (non-hydrogen) atoms. The predicted octanol–water partition coefficient (Wildman–Crippen LogP) is 3.19. The number of hydrogen-bond donors (Lipinski definition) is 1. The third-order valence-corrected chi connectivity index (χ3v) is 4.76. The van der Waals surface area contributed by atoms with Crippen LogP contribution in [0.1, 0.15) is 31.4 Å². The van der Waals surface area contributed by atoms with E-state index in [1.165, 1.54) is 0 Å². The smallest absolute Gasteiger partial charge is 0.242 e. The molecule has 6 heteroatoms. The Morgan fingerprint density at radius 1 is 0.897 bits per heavy atom. The van der Waals surface area contributed by atoms with Gasteiger partial charge in [0, 0.05) is 13.1 Å². The van der Waals surface area contributed by atoms with Crippen LogP contribution in [0.2, 0.25) is 0 Å². The number of hydrogen-bond acceptors (Lipinski definition) is 4. The zero-order chi connectivity index (χ0) is 21.2. The maximum atomic E-state index is 13.2. The van der Waals surface area contributed by atoms with E-state index < -0.39 is 6.04 Å². The fourth-order valence-corrected chi connectivity index (χ4v) is 3.16. The molecule has 1 unspecified atom stereocenters. The molecular weight excluding hydrogens is 368 g/mol. The molecule has 0 aliphatic carbocycles. The first-order valence-corrected chi connectivity index (χ1v) is 9.85. The van der Waals surface area contributed by atoms with E-state index in [9.17, 15) is 9.59 Å². The van der Waals surface area contributed by atoms with Gasteiger partial charge in [-0.2, -0.15) is 0 Å². The van der Waals surface area contributed by atoms with Crippen molar-refractivity contribution in [1.29, 1.82) is 0 Å². The van der Waals surface area contributed by atoms with Crippen LogP contribution in [0, 0.1) is 0 Å². The molecule has 2 amide bonds. The summed E-state index contributed by atoms with van der Waals surface area (Å²) in [7, 11) is 3.22. The Hall–Kier alpha value is -3.02. The van der Waals surface area contributed by atoms with Crippen LogP contribution >= 0.6 is 0 Å².